The fourth-order valence-corrected chi connectivity index (χ4v) is 2.03. The Kier molecular flexibility index (Phi) is 5.18. The normalized spacial score (nSPS) is 11.8. The number of rotatable bonds is 7. The van der Waals surface area contributed by atoms with Gasteiger partial charge in [-0.1, -0.05) is 48.5 Å². The summed E-state index contributed by atoms with van der Waals surface area (Å²) in [7, 11) is 0. The standard InChI is InChI=1S/C17H18O3/c18-17(19)16(20-15-11-5-2-6-12-15)13-7-10-14-8-3-1-4-9-14/h1-6,8-9,11-12,16H,7,10,13H2,(H,18,19). The minimum absolute atomic E-state index is 0.499. The van der Waals surface area contributed by atoms with Crippen molar-refractivity contribution in [2.45, 2.75) is 25.4 Å². The molecule has 2 aromatic rings. The highest BCUT2D eigenvalue weighted by atomic mass is 16.5. The van der Waals surface area contributed by atoms with E-state index < -0.39 is 12.1 Å². The van der Waals surface area contributed by atoms with Crippen molar-refractivity contribution in [3.05, 3.63) is 66.2 Å². The van der Waals surface area contributed by atoms with Crippen LogP contribution in [-0.2, 0) is 11.2 Å². The molecular formula is C17H18O3. The second-order valence-electron chi connectivity index (χ2n) is 4.64. The second-order valence-corrected chi connectivity index (χ2v) is 4.64. The highest BCUT2D eigenvalue weighted by Crippen LogP contribution is 2.15. The minimum atomic E-state index is -0.915. The molecule has 0 bridgehead atoms. The van der Waals surface area contributed by atoms with E-state index in [-0.39, 0.29) is 0 Å². The zero-order valence-corrected chi connectivity index (χ0v) is 11.2. The van der Waals surface area contributed by atoms with E-state index in [9.17, 15) is 9.90 Å². The summed E-state index contributed by atoms with van der Waals surface area (Å²) >= 11 is 0. The van der Waals surface area contributed by atoms with Gasteiger partial charge in [-0.25, -0.2) is 4.79 Å². The van der Waals surface area contributed by atoms with E-state index in [1.165, 1.54) is 5.56 Å². The predicted molar refractivity (Wildman–Crippen MR) is 77.9 cm³/mol. The molecule has 0 saturated heterocycles. The van der Waals surface area contributed by atoms with Crippen molar-refractivity contribution < 1.29 is 14.6 Å². The molecule has 0 aromatic heterocycles. The summed E-state index contributed by atoms with van der Waals surface area (Å²) in [4.78, 5) is 11.2. The molecule has 0 fully saturated rings. The molecule has 1 atom stereocenters. The van der Waals surface area contributed by atoms with Crippen LogP contribution in [0.3, 0.4) is 0 Å². The Bertz CT molecular complexity index is 522. The number of para-hydroxylation sites is 1. The molecule has 1 unspecified atom stereocenters. The molecule has 0 aliphatic carbocycles. The highest BCUT2D eigenvalue weighted by Gasteiger charge is 2.18. The fraction of sp³-hybridized carbons (Fsp3) is 0.235. The van der Waals surface area contributed by atoms with Crippen molar-refractivity contribution >= 4 is 5.97 Å². The number of aryl methyl sites for hydroxylation is 1. The second kappa shape index (κ2) is 7.34. The van der Waals surface area contributed by atoms with Crippen molar-refractivity contribution in [3.63, 3.8) is 0 Å². The monoisotopic (exact) mass is 270 g/mol. The largest absolute Gasteiger partial charge is 0.479 e. The van der Waals surface area contributed by atoms with Crippen LogP contribution in [0.15, 0.2) is 60.7 Å². The number of ether oxygens (including phenoxy) is 1. The van der Waals surface area contributed by atoms with Gasteiger partial charge in [-0.05, 0) is 37.0 Å². The molecule has 3 nitrogen and oxygen atoms in total. The first-order chi connectivity index (χ1) is 9.75. The average molecular weight is 270 g/mol. The van der Waals surface area contributed by atoms with Gasteiger partial charge >= 0.3 is 5.97 Å². The topological polar surface area (TPSA) is 46.5 Å². The Labute approximate surface area is 118 Å². The van der Waals surface area contributed by atoms with Crippen LogP contribution in [0.25, 0.3) is 0 Å². The molecular weight excluding hydrogens is 252 g/mol. The van der Waals surface area contributed by atoms with Crippen LogP contribution in [-0.4, -0.2) is 17.2 Å². The Morgan fingerprint density at radius 3 is 2.20 bits per heavy atom. The molecule has 0 amide bonds. The Morgan fingerprint density at radius 1 is 1.00 bits per heavy atom. The zero-order valence-electron chi connectivity index (χ0n) is 11.2. The first kappa shape index (κ1) is 14.1. The summed E-state index contributed by atoms with van der Waals surface area (Å²) in [6.07, 6.45) is 1.36. The van der Waals surface area contributed by atoms with Gasteiger partial charge in [0.2, 0.25) is 0 Å². The molecule has 20 heavy (non-hydrogen) atoms. The van der Waals surface area contributed by atoms with E-state index >= 15 is 0 Å². The molecule has 0 radical (unpaired) electrons. The Balaban J connectivity index is 1.85. The number of benzene rings is 2. The quantitative estimate of drug-likeness (QED) is 0.837. The molecule has 3 heteroatoms. The zero-order chi connectivity index (χ0) is 14.2. The summed E-state index contributed by atoms with van der Waals surface area (Å²) in [6, 6.07) is 19.1. The van der Waals surface area contributed by atoms with Crippen molar-refractivity contribution in [1.29, 1.82) is 0 Å². The minimum Gasteiger partial charge on any atom is -0.479 e. The van der Waals surface area contributed by atoms with E-state index in [1.807, 2.05) is 48.5 Å². The van der Waals surface area contributed by atoms with E-state index in [0.29, 0.717) is 12.2 Å². The average Bonchev–Trinajstić information content (AvgIpc) is 2.48. The maximum absolute atomic E-state index is 11.2. The molecule has 0 aliphatic rings. The van der Waals surface area contributed by atoms with Gasteiger partial charge in [-0.2, -0.15) is 0 Å². The molecule has 2 aromatic carbocycles. The number of hydrogen-bond donors (Lipinski definition) is 1. The van der Waals surface area contributed by atoms with Gasteiger partial charge < -0.3 is 9.84 Å². The van der Waals surface area contributed by atoms with Gasteiger partial charge in [0.1, 0.15) is 5.75 Å². The summed E-state index contributed by atoms with van der Waals surface area (Å²) < 4.78 is 5.51. The van der Waals surface area contributed by atoms with Crippen LogP contribution >= 0.6 is 0 Å². The van der Waals surface area contributed by atoms with E-state index in [4.69, 9.17) is 4.74 Å². The van der Waals surface area contributed by atoms with Crippen LogP contribution in [0.5, 0.6) is 5.75 Å². The molecule has 2 rings (SSSR count). The highest BCUT2D eigenvalue weighted by molar-refractivity contribution is 5.72. The summed E-state index contributed by atoms with van der Waals surface area (Å²) in [5, 5.41) is 9.21. The SMILES string of the molecule is O=C(O)C(CCCc1ccccc1)Oc1ccccc1. The van der Waals surface area contributed by atoms with Gasteiger partial charge in [0, 0.05) is 0 Å². The third kappa shape index (κ3) is 4.43. The Hall–Kier alpha value is -2.29. The molecule has 0 spiro atoms. The summed E-state index contributed by atoms with van der Waals surface area (Å²) in [5.41, 5.74) is 1.22. The lowest BCUT2D eigenvalue weighted by Crippen LogP contribution is -2.27. The van der Waals surface area contributed by atoms with Crippen molar-refractivity contribution in [2.75, 3.05) is 0 Å². The molecule has 0 heterocycles. The van der Waals surface area contributed by atoms with Crippen molar-refractivity contribution in [2.24, 2.45) is 0 Å². The molecule has 104 valence electrons. The van der Waals surface area contributed by atoms with Gasteiger partial charge in [-0.3, -0.25) is 0 Å². The molecule has 0 saturated carbocycles. The maximum Gasteiger partial charge on any atom is 0.344 e. The van der Waals surface area contributed by atoms with Gasteiger partial charge in [0.05, 0.1) is 0 Å². The lowest BCUT2D eigenvalue weighted by Gasteiger charge is -2.15. The van der Waals surface area contributed by atoms with E-state index in [1.54, 1.807) is 12.1 Å². The fourth-order valence-electron chi connectivity index (χ4n) is 2.03. The van der Waals surface area contributed by atoms with Gasteiger partial charge in [0.25, 0.3) is 0 Å². The predicted octanol–water partition coefficient (Wildman–Crippen LogP) is 3.54. The molecule has 0 aliphatic heterocycles. The van der Waals surface area contributed by atoms with Crippen LogP contribution in [0.1, 0.15) is 18.4 Å². The maximum atomic E-state index is 11.2. The van der Waals surface area contributed by atoms with Crippen LogP contribution in [0.2, 0.25) is 0 Å². The third-order valence-corrected chi connectivity index (χ3v) is 3.07. The van der Waals surface area contributed by atoms with Crippen molar-refractivity contribution in [1.82, 2.24) is 0 Å². The van der Waals surface area contributed by atoms with Crippen LogP contribution in [0, 0.1) is 0 Å². The van der Waals surface area contributed by atoms with E-state index in [2.05, 4.69) is 0 Å². The van der Waals surface area contributed by atoms with E-state index in [0.717, 1.165) is 12.8 Å². The summed E-state index contributed by atoms with van der Waals surface area (Å²) in [6.45, 7) is 0. The lowest BCUT2D eigenvalue weighted by molar-refractivity contribution is -0.145. The van der Waals surface area contributed by atoms with Crippen molar-refractivity contribution in [3.8, 4) is 5.75 Å². The first-order valence-electron chi connectivity index (χ1n) is 6.74. The van der Waals surface area contributed by atoms with Gasteiger partial charge in [-0.15, -0.1) is 0 Å². The number of hydrogen-bond acceptors (Lipinski definition) is 2. The van der Waals surface area contributed by atoms with Gasteiger partial charge in [0.15, 0.2) is 6.10 Å². The van der Waals surface area contributed by atoms with Crippen LogP contribution < -0.4 is 4.74 Å². The summed E-state index contributed by atoms with van der Waals surface area (Å²) in [5.74, 6) is -0.318. The first-order valence-corrected chi connectivity index (χ1v) is 6.74. The van der Waals surface area contributed by atoms with Crippen LogP contribution in [0.4, 0.5) is 0 Å². The smallest absolute Gasteiger partial charge is 0.344 e. The third-order valence-electron chi connectivity index (χ3n) is 3.07. The number of carboxylic acids is 1. The number of carboxylic acid groups (broad SMARTS) is 1. The molecule has 1 N–H and O–H groups in total. The number of carbonyl (C=O) groups is 1. The lowest BCUT2D eigenvalue weighted by atomic mass is 10.1. The number of aliphatic carboxylic acids is 1. The Morgan fingerprint density at radius 2 is 1.60 bits per heavy atom.